The highest BCUT2D eigenvalue weighted by Gasteiger charge is 2.60. The van der Waals surface area contributed by atoms with Crippen LogP contribution in [0.4, 0.5) is 5.69 Å². The number of rotatable bonds is 5. The van der Waals surface area contributed by atoms with Crippen LogP contribution in [0.15, 0.2) is 58.5 Å². The summed E-state index contributed by atoms with van der Waals surface area (Å²) in [5.41, 5.74) is 5.94. The van der Waals surface area contributed by atoms with Gasteiger partial charge < -0.3 is 36.3 Å². The number of carbonyl (C=O) groups excluding carboxylic acids is 3. The topological polar surface area (TPSA) is 195 Å². The van der Waals surface area contributed by atoms with Crippen molar-refractivity contribution in [3.63, 3.8) is 0 Å². The zero-order valence-electron chi connectivity index (χ0n) is 24.4. The number of ketones is 1. The Labute approximate surface area is 253 Å². The Morgan fingerprint density at radius 3 is 2.43 bits per heavy atom. The average Bonchev–Trinajstić information content (AvgIpc) is 3.48. The highest BCUT2D eigenvalue weighted by molar-refractivity contribution is 6.08. The van der Waals surface area contributed by atoms with E-state index < -0.39 is 52.8 Å². The molecule has 1 saturated carbocycles. The summed E-state index contributed by atoms with van der Waals surface area (Å²) in [5.74, 6) is -5.12. The van der Waals surface area contributed by atoms with E-state index in [9.17, 15) is 34.8 Å². The minimum Gasteiger partial charge on any atom is -0.510 e. The summed E-state index contributed by atoms with van der Waals surface area (Å²) in [6.07, 6.45) is 1.84. The number of hydrogen-bond donors (Lipinski definition) is 6. The van der Waals surface area contributed by atoms with Crippen molar-refractivity contribution in [2.75, 3.05) is 19.4 Å². The van der Waals surface area contributed by atoms with Gasteiger partial charge in [0.25, 0.3) is 11.8 Å². The van der Waals surface area contributed by atoms with E-state index in [1.807, 2.05) is 0 Å². The van der Waals surface area contributed by atoms with E-state index in [2.05, 4.69) is 10.5 Å². The summed E-state index contributed by atoms with van der Waals surface area (Å²) in [5, 5.41) is 51.6. The first kappa shape index (κ1) is 29.4. The number of phenolic OH excluding ortho intramolecular Hbond substituents is 1. The third-order valence-corrected chi connectivity index (χ3v) is 9.37. The third kappa shape index (κ3) is 4.44. The summed E-state index contributed by atoms with van der Waals surface area (Å²) >= 11 is 0. The molecule has 3 aliphatic carbocycles. The van der Waals surface area contributed by atoms with Crippen molar-refractivity contribution >= 4 is 35.3 Å². The maximum atomic E-state index is 14.2. The lowest BCUT2D eigenvalue weighted by atomic mass is 9.55. The largest absolute Gasteiger partial charge is 0.510 e. The number of carbonyl (C=O) groups is 3. The molecule has 0 saturated heterocycles. The fourth-order valence-corrected chi connectivity index (χ4v) is 7.57. The standard InChI is InChI=1S/C32H34N4O8/c1-32(43)24-19(26(36(2)3)29(40)25(32)30(33)41)13-15-12-18-17(8-9-20(37)23(18)27(38)22(15)28(24)39)14-4-6-16(7-5-14)35-31(42)21-10-11-34-44-21/h4-9,11,15,19,21,24,26,37-38,40,43H,10,12-13H2,1-3H3,(H2,33,41)(H,35,42)/t15?,19?,21?,24?,26-,32?/m0/s1. The Bertz CT molecular complexity index is 1670. The smallest absolute Gasteiger partial charge is 0.268 e. The van der Waals surface area contributed by atoms with E-state index in [1.54, 1.807) is 49.3 Å². The van der Waals surface area contributed by atoms with E-state index in [1.165, 1.54) is 19.2 Å². The number of nitrogens with two attached hydrogens (primary N) is 1. The van der Waals surface area contributed by atoms with Crippen molar-refractivity contribution in [2.45, 2.75) is 43.9 Å². The average molecular weight is 603 g/mol. The number of phenols is 1. The summed E-state index contributed by atoms with van der Waals surface area (Å²) in [6, 6.07) is 9.49. The van der Waals surface area contributed by atoms with Crippen molar-refractivity contribution < 1.29 is 39.6 Å². The monoisotopic (exact) mass is 602 g/mol. The SMILES string of the molecule is CN(C)[C@@H]1C(O)=C(C(N)=O)C(C)(O)C2C(=O)C3=C(O)c4c(O)ccc(-c5ccc(NC(=O)C6CC=NO6)cc5)c4CC3CC21. The number of aliphatic hydroxyl groups is 3. The van der Waals surface area contributed by atoms with Gasteiger partial charge in [0.2, 0.25) is 6.10 Å². The molecule has 0 spiro atoms. The van der Waals surface area contributed by atoms with Crippen LogP contribution in [0.3, 0.4) is 0 Å². The number of oxime groups is 1. The lowest BCUT2D eigenvalue weighted by molar-refractivity contribution is -0.139. The van der Waals surface area contributed by atoms with Crippen LogP contribution in [0.5, 0.6) is 5.75 Å². The maximum absolute atomic E-state index is 14.2. The van der Waals surface area contributed by atoms with Crippen LogP contribution in [0, 0.1) is 17.8 Å². The molecule has 6 atom stereocenters. The number of likely N-dealkylation sites (N-methyl/N-ethyl adjacent to an activating group) is 1. The fraction of sp³-hybridized carbons (Fsp3) is 0.375. The van der Waals surface area contributed by atoms with E-state index in [4.69, 9.17) is 10.6 Å². The third-order valence-electron chi connectivity index (χ3n) is 9.37. The first-order valence-electron chi connectivity index (χ1n) is 14.4. The van der Waals surface area contributed by atoms with Gasteiger partial charge >= 0.3 is 0 Å². The van der Waals surface area contributed by atoms with Gasteiger partial charge in [0.15, 0.2) is 5.78 Å². The number of nitrogens with one attached hydrogen (secondary N) is 1. The van der Waals surface area contributed by atoms with Gasteiger partial charge in [-0.2, -0.15) is 0 Å². The highest BCUT2D eigenvalue weighted by Crippen LogP contribution is 2.54. The normalized spacial score (nSPS) is 29.2. The number of nitrogens with zero attached hydrogens (tertiary/aromatic N) is 2. The Morgan fingerprint density at radius 2 is 1.82 bits per heavy atom. The molecule has 5 unspecified atom stereocenters. The van der Waals surface area contributed by atoms with Crippen LogP contribution in [0.2, 0.25) is 0 Å². The van der Waals surface area contributed by atoms with E-state index in [0.717, 1.165) is 11.1 Å². The maximum Gasteiger partial charge on any atom is 0.268 e. The molecule has 12 heteroatoms. The highest BCUT2D eigenvalue weighted by atomic mass is 16.6. The molecular weight excluding hydrogens is 568 g/mol. The summed E-state index contributed by atoms with van der Waals surface area (Å²) in [7, 11) is 3.41. The zero-order chi connectivity index (χ0) is 31.7. The zero-order valence-corrected chi connectivity index (χ0v) is 24.4. The summed E-state index contributed by atoms with van der Waals surface area (Å²) in [6.45, 7) is 1.29. The van der Waals surface area contributed by atoms with Gasteiger partial charge in [-0.25, -0.2) is 0 Å². The van der Waals surface area contributed by atoms with Crippen LogP contribution >= 0.6 is 0 Å². The van der Waals surface area contributed by atoms with Gasteiger partial charge in [-0.15, -0.1) is 0 Å². The van der Waals surface area contributed by atoms with Gasteiger partial charge in [-0.05, 0) is 80.6 Å². The lowest BCUT2D eigenvalue weighted by Gasteiger charge is -2.52. The molecular formula is C32H34N4O8. The predicted molar refractivity (Wildman–Crippen MR) is 160 cm³/mol. The quantitative estimate of drug-likeness (QED) is 0.298. The van der Waals surface area contributed by atoms with Crippen LogP contribution in [0.25, 0.3) is 16.9 Å². The molecule has 0 radical (unpaired) electrons. The summed E-state index contributed by atoms with van der Waals surface area (Å²) in [4.78, 5) is 45.7. The van der Waals surface area contributed by atoms with Crippen molar-refractivity contribution in [1.29, 1.82) is 0 Å². The second kappa shape index (κ2) is 10.5. The van der Waals surface area contributed by atoms with Crippen molar-refractivity contribution in [3.05, 3.63) is 64.4 Å². The van der Waals surface area contributed by atoms with E-state index in [0.29, 0.717) is 30.5 Å². The number of fused-ring (bicyclic) bond motifs is 3. The number of aliphatic hydroxyl groups excluding tert-OH is 2. The van der Waals surface area contributed by atoms with E-state index >= 15 is 0 Å². The van der Waals surface area contributed by atoms with Gasteiger partial charge in [0.05, 0.1) is 23.1 Å². The minimum absolute atomic E-state index is 0.0744. The molecule has 1 heterocycles. The van der Waals surface area contributed by atoms with Gasteiger partial charge in [0.1, 0.15) is 22.9 Å². The lowest BCUT2D eigenvalue weighted by Crippen LogP contribution is -2.61. The van der Waals surface area contributed by atoms with Gasteiger partial charge in [-0.3, -0.25) is 19.3 Å². The number of aromatic hydroxyl groups is 1. The number of primary amides is 1. The fourth-order valence-electron chi connectivity index (χ4n) is 7.57. The molecule has 230 valence electrons. The molecule has 44 heavy (non-hydrogen) atoms. The van der Waals surface area contributed by atoms with Gasteiger partial charge in [-0.1, -0.05) is 23.4 Å². The predicted octanol–water partition coefficient (Wildman–Crippen LogP) is 2.41. The molecule has 7 N–H and O–H groups in total. The second-order valence-electron chi connectivity index (χ2n) is 12.3. The molecule has 0 aromatic heterocycles. The van der Waals surface area contributed by atoms with Crippen molar-refractivity contribution in [3.8, 4) is 16.9 Å². The molecule has 4 aliphatic rings. The molecule has 12 nitrogen and oxygen atoms in total. The molecule has 2 aromatic rings. The van der Waals surface area contributed by atoms with Crippen LogP contribution < -0.4 is 11.1 Å². The molecule has 1 aliphatic heterocycles. The van der Waals surface area contributed by atoms with Gasteiger partial charge in [0, 0.05) is 23.9 Å². The number of Topliss-reactive ketones (excluding diaryl/α,β-unsaturated/α-hetero) is 1. The molecule has 6 rings (SSSR count). The molecule has 2 aromatic carbocycles. The number of allylic oxidation sites excluding steroid dienone is 1. The second-order valence-corrected chi connectivity index (χ2v) is 12.3. The Kier molecular flexibility index (Phi) is 7.01. The first-order chi connectivity index (χ1) is 20.8. The Hall–Kier alpha value is -4.68. The molecule has 1 fully saturated rings. The number of benzene rings is 2. The summed E-state index contributed by atoms with van der Waals surface area (Å²) < 4.78 is 0. The van der Waals surface area contributed by atoms with Crippen LogP contribution in [-0.2, 0) is 25.6 Å². The Balaban J connectivity index is 1.39. The number of amides is 2. The van der Waals surface area contributed by atoms with E-state index in [-0.39, 0.29) is 34.3 Å². The Morgan fingerprint density at radius 1 is 1.11 bits per heavy atom. The first-order valence-corrected chi connectivity index (χ1v) is 14.4. The number of anilines is 1. The van der Waals surface area contributed by atoms with Crippen molar-refractivity contribution in [1.82, 2.24) is 4.90 Å². The molecule has 2 amide bonds. The minimum atomic E-state index is -2.08. The van der Waals surface area contributed by atoms with Crippen molar-refractivity contribution in [2.24, 2.45) is 28.6 Å². The number of hydrogen-bond acceptors (Lipinski definition) is 10. The van der Waals surface area contributed by atoms with Crippen LogP contribution in [0.1, 0.15) is 30.9 Å². The van der Waals surface area contributed by atoms with Crippen LogP contribution in [-0.4, -0.2) is 81.0 Å². The molecule has 0 bridgehead atoms.